The number of piperidine rings is 2. The summed E-state index contributed by atoms with van der Waals surface area (Å²) in [6.45, 7) is 3.32. The third kappa shape index (κ3) is 11.6. The lowest BCUT2D eigenvalue weighted by Crippen LogP contribution is -2.52. The Morgan fingerprint density at radius 1 is 0.512 bits per heavy atom. The number of aromatic nitrogens is 8. The highest BCUT2D eigenvalue weighted by molar-refractivity contribution is 6.00. The van der Waals surface area contributed by atoms with Crippen LogP contribution in [0.3, 0.4) is 0 Å². The summed E-state index contributed by atoms with van der Waals surface area (Å²) in [5, 5.41) is 36.7. The number of Topliss-reactive ketones (excluding diaryl/α,β-unsaturated/α-hetero) is 1. The van der Waals surface area contributed by atoms with E-state index in [1.54, 1.807) is 29.8 Å². The highest BCUT2D eigenvalue weighted by Gasteiger charge is 2.46. The smallest absolute Gasteiger partial charge is 0.198 e. The molecule has 12 rings (SSSR count). The molecule has 410 valence electrons. The second kappa shape index (κ2) is 25.3. The molecule has 2 aliphatic rings. The molecular formula is C68H64N10O4. The topological polar surface area (TPSA) is 149 Å². The van der Waals surface area contributed by atoms with E-state index in [2.05, 4.69) is 205 Å². The summed E-state index contributed by atoms with van der Waals surface area (Å²) in [6.07, 6.45) is 4.15. The molecule has 0 spiro atoms. The Hall–Kier alpha value is -9.47. The Kier molecular flexibility index (Phi) is 16.8. The first-order chi connectivity index (χ1) is 40.3. The zero-order valence-corrected chi connectivity index (χ0v) is 46.0. The van der Waals surface area contributed by atoms with E-state index in [9.17, 15) is 9.90 Å². The third-order valence-electron chi connectivity index (χ3n) is 15.5. The summed E-state index contributed by atoms with van der Waals surface area (Å²) in [6, 6.07) is 79.1. The first kappa shape index (κ1) is 54.5. The number of methoxy groups -OCH3 is 2. The summed E-state index contributed by atoms with van der Waals surface area (Å²) in [5.41, 5.74) is 9.47. The van der Waals surface area contributed by atoms with Crippen molar-refractivity contribution < 1.29 is 19.4 Å². The van der Waals surface area contributed by atoms with E-state index in [1.807, 2.05) is 72.8 Å². The van der Waals surface area contributed by atoms with Gasteiger partial charge in [0.15, 0.2) is 17.4 Å². The minimum atomic E-state index is -0.594. The fourth-order valence-electron chi connectivity index (χ4n) is 11.6. The number of ketones is 1. The van der Waals surface area contributed by atoms with Crippen molar-refractivity contribution in [3.8, 4) is 11.5 Å². The first-order valence-corrected chi connectivity index (χ1v) is 27.6. The van der Waals surface area contributed by atoms with E-state index in [0.717, 1.165) is 44.9 Å². The van der Waals surface area contributed by atoms with Gasteiger partial charge in [-0.3, -0.25) is 14.6 Å². The molecular weight excluding hydrogens is 1020 g/mol. The van der Waals surface area contributed by atoms with Crippen molar-refractivity contribution >= 4 is 17.9 Å². The molecule has 2 saturated heterocycles. The lowest BCUT2D eigenvalue weighted by molar-refractivity contribution is -0.117. The number of hydrogen-bond acceptors (Lipinski definition) is 12. The molecule has 1 atom stereocenters. The van der Waals surface area contributed by atoms with Gasteiger partial charge in [0.25, 0.3) is 0 Å². The summed E-state index contributed by atoms with van der Waals surface area (Å²) >= 11 is 0. The fourth-order valence-corrected chi connectivity index (χ4v) is 11.6. The molecule has 14 heteroatoms. The lowest BCUT2D eigenvalue weighted by Gasteiger charge is -2.48. The first-order valence-electron chi connectivity index (χ1n) is 27.6. The fraction of sp³-hybridized carbons (Fsp3) is 0.191. The number of carbonyl (C=O) groups excluding carboxylic acids is 1. The number of likely N-dealkylation sites (tertiary alicyclic amines) is 2. The normalized spacial score (nSPS) is 16.1. The van der Waals surface area contributed by atoms with Crippen LogP contribution in [0.2, 0.25) is 0 Å². The lowest BCUT2D eigenvalue weighted by atomic mass is 9.74. The Labute approximate surface area is 478 Å². The van der Waals surface area contributed by atoms with Gasteiger partial charge < -0.3 is 14.6 Å². The van der Waals surface area contributed by atoms with Gasteiger partial charge >= 0.3 is 0 Å². The molecule has 8 aromatic carbocycles. The van der Waals surface area contributed by atoms with Gasteiger partial charge in [-0.05, 0) is 109 Å². The SMILES string of the molecule is COc1ccc(Cn2nnc(/C=C3\CN(C(c4ccccc4)(c4ccccc4)c4ccccc4)CCC3=O)n2)cc1.COc1ccc(Cn2nnnc2/C=C2\CN(C(c3ccccc3)(c3ccccc3)c3ccccc3)CCC2O)cc1. The van der Waals surface area contributed by atoms with Crippen LogP contribution in [-0.4, -0.2) is 108 Å². The molecule has 10 aromatic rings. The Morgan fingerprint density at radius 2 is 0.939 bits per heavy atom. The van der Waals surface area contributed by atoms with Gasteiger partial charge in [0, 0.05) is 38.2 Å². The van der Waals surface area contributed by atoms with Crippen LogP contribution in [0.15, 0.2) is 242 Å². The molecule has 0 saturated carbocycles. The van der Waals surface area contributed by atoms with Crippen LogP contribution >= 0.6 is 0 Å². The molecule has 4 heterocycles. The molecule has 1 N–H and O–H groups in total. The molecule has 1 unspecified atom stereocenters. The number of aliphatic hydroxyl groups excluding tert-OH is 1. The minimum absolute atomic E-state index is 0.107. The van der Waals surface area contributed by atoms with Gasteiger partial charge in [0.1, 0.15) is 11.5 Å². The standard InChI is InChI=1S/C34H33N5O2.C34H31N5O2/c1-41-31-19-17-26(18-20-31)24-39-33(35-36-37-39)23-27-25-38(22-21-32(27)40)34(28-11-5-2-6-12-28,29-13-7-3-8-14-29)30-15-9-4-10-16-30;1-41-31-19-17-26(18-20-31)24-39-36-33(35-37-39)23-27-25-38(22-21-32(27)40)34(28-11-5-2-6-12-28,29-13-7-3-8-14-29)30-15-9-4-10-16-30/h2-20,23,32,40H,21-22,24-25H2,1H3;2-20,23H,21-22,24-25H2,1H3/b2*27-23+. The van der Waals surface area contributed by atoms with E-state index >= 15 is 0 Å². The summed E-state index contributed by atoms with van der Waals surface area (Å²) in [7, 11) is 3.30. The van der Waals surface area contributed by atoms with Crippen LogP contribution in [0.4, 0.5) is 0 Å². The van der Waals surface area contributed by atoms with Crippen LogP contribution in [0.5, 0.6) is 11.5 Å². The van der Waals surface area contributed by atoms with Crippen molar-refractivity contribution in [1.82, 2.24) is 50.2 Å². The van der Waals surface area contributed by atoms with E-state index in [1.165, 1.54) is 16.7 Å². The maximum absolute atomic E-state index is 13.2. The number of aliphatic hydroxyl groups is 1. The number of ether oxygens (including phenoxy) is 2. The minimum Gasteiger partial charge on any atom is -0.497 e. The zero-order valence-electron chi connectivity index (χ0n) is 46.0. The maximum Gasteiger partial charge on any atom is 0.198 e. The van der Waals surface area contributed by atoms with Crippen molar-refractivity contribution in [2.45, 2.75) is 43.1 Å². The van der Waals surface area contributed by atoms with Crippen molar-refractivity contribution in [2.75, 3.05) is 40.4 Å². The van der Waals surface area contributed by atoms with Gasteiger partial charge in [-0.15, -0.1) is 15.3 Å². The van der Waals surface area contributed by atoms with Crippen molar-refractivity contribution in [3.05, 3.63) is 298 Å². The summed E-state index contributed by atoms with van der Waals surface area (Å²) in [4.78, 5) is 19.7. The number of tetrazole rings is 2. The monoisotopic (exact) mass is 1080 g/mol. The highest BCUT2D eigenvalue weighted by Crippen LogP contribution is 2.46. The van der Waals surface area contributed by atoms with Crippen molar-refractivity contribution in [3.63, 3.8) is 0 Å². The van der Waals surface area contributed by atoms with E-state index in [0.29, 0.717) is 69.3 Å². The number of rotatable bonds is 16. The van der Waals surface area contributed by atoms with Gasteiger partial charge in [-0.25, -0.2) is 4.68 Å². The van der Waals surface area contributed by atoms with Crippen LogP contribution in [-0.2, 0) is 29.0 Å². The van der Waals surface area contributed by atoms with Gasteiger partial charge in [0.2, 0.25) is 0 Å². The quantitative estimate of drug-likeness (QED) is 0.0725. The molecule has 2 fully saturated rings. The van der Waals surface area contributed by atoms with Gasteiger partial charge in [-0.2, -0.15) is 4.80 Å². The van der Waals surface area contributed by atoms with Crippen LogP contribution in [0, 0.1) is 0 Å². The van der Waals surface area contributed by atoms with Crippen LogP contribution in [0.1, 0.15) is 69.0 Å². The Balaban J connectivity index is 0.000000172. The number of nitrogens with zero attached hydrogens (tertiary/aromatic N) is 10. The molecule has 82 heavy (non-hydrogen) atoms. The average molecular weight is 1090 g/mol. The van der Waals surface area contributed by atoms with E-state index in [-0.39, 0.29) is 5.78 Å². The Bertz CT molecular complexity index is 3520. The third-order valence-corrected chi connectivity index (χ3v) is 15.5. The second-order valence-corrected chi connectivity index (χ2v) is 20.4. The number of benzene rings is 8. The molecule has 2 aromatic heterocycles. The Morgan fingerprint density at radius 3 is 1.38 bits per heavy atom. The van der Waals surface area contributed by atoms with Gasteiger partial charge in [0.05, 0.1) is 44.5 Å². The molecule has 0 bridgehead atoms. The molecule has 2 aliphatic heterocycles. The van der Waals surface area contributed by atoms with Crippen LogP contribution < -0.4 is 9.47 Å². The van der Waals surface area contributed by atoms with Gasteiger partial charge in [-0.1, -0.05) is 206 Å². The maximum atomic E-state index is 13.2. The largest absolute Gasteiger partial charge is 0.497 e. The van der Waals surface area contributed by atoms with E-state index < -0.39 is 17.2 Å². The summed E-state index contributed by atoms with van der Waals surface area (Å²) < 4.78 is 12.3. The molecule has 0 radical (unpaired) electrons. The van der Waals surface area contributed by atoms with E-state index in [4.69, 9.17) is 9.47 Å². The molecule has 0 aliphatic carbocycles. The highest BCUT2D eigenvalue weighted by atomic mass is 16.5. The average Bonchev–Trinajstić information content (AvgIpc) is 1.93. The van der Waals surface area contributed by atoms with Crippen molar-refractivity contribution in [2.24, 2.45) is 0 Å². The van der Waals surface area contributed by atoms with Crippen molar-refractivity contribution in [1.29, 1.82) is 0 Å². The predicted octanol–water partition coefficient (Wildman–Crippen LogP) is 10.6. The predicted molar refractivity (Wildman–Crippen MR) is 318 cm³/mol. The number of hydrogen-bond donors (Lipinski definition) is 1. The molecule has 0 amide bonds. The summed E-state index contributed by atoms with van der Waals surface area (Å²) in [5.74, 6) is 2.74. The number of carbonyl (C=O) groups is 1. The van der Waals surface area contributed by atoms with Crippen LogP contribution in [0.25, 0.3) is 12.2 Å². The zero-order chi connectivity index (χ0) is 56.1. The second-order valence-electron chi connectivity index (χ2n) is 20.4. The molecule has 14 nitrogen and oxygen atoms in total.